The largest absolute Gasteiger partial charge is 0.352 e. The Morgan fingerprint density at radius 2 is 1.67 bits per heavy atom. The fourth-order valence-electron chi connectivity index (χ4n) is 3.72. The number of nitrogens with one attached hydrogen (secondary N) is 1. The van der Waals surface area contributed by atoms with Crippen LogP contribution in [-0.4, -0.2) is 50.0 Å². The highest BCUT2D eigenvalue weighted by Gasteiger charge is 2.27. The van der Waals surface area contributed by atoms with E-state index in [4.69, 9.17) is 11.6 Å². The average molecular weight is 536 g/mol. The summed E-state index contributed by atoms with van der Waals surface area (Å²) in [7, 11) is -3.53. The molecular weight excluding hydrogens is 498 g/mol. The number of nitrogens with zero attached hydrogens (tertiary/aromatic N) is 2. The number of rotatable bonds is 12. The Morgan fingerprint density at radius 1 is 1.03 bits per heavy atom. The van der Waals surface area contributed by atoms with Gasteiger partial charge in [-0.15, -0.1) is 0 Å². The minimum absolute atomic E-state index is 0.00582. The van der Waals surface area contributed by atoms with Crippen LogP contribution in [0.1, 0.15) is 56.7 Å². The van der Waals surface area contributed by atoms with Gasteiger partial charge >= 0.3 is 0 Å². The van der Waals surface area contributed by atoms with Gasteiger partial charge in [0.25, 0.3) is 0 Å². The Bertz CT molecular complexity index is 1150. The molecule has 0 unspecified atom stereocenters. The van der Waals surface area contributed by atoms with Gasteiger partial charge in [-0.2, -0.15) is 0 Å². The van der Waals surface area contributed by atoms with Gasteiger partial charge in [0.2, 0.25) is 21.8 Å². The van der Waals surface area contributed by atoms with Crippen molar-refractivity contribution >= 4 is 39.1 Å². The third-order valence-electron chi connectivity index (χ3n) is 6.37. The van der Waals surface area contributed by atoms with Crippen molar-refractivity contribution in [3.8, 4) is 0 Å². The van der Waals surface area contributed by atoms with E-state index in [-0.39, 0.29) is 37.4 Å². The topological polar surface area (TPSA) is 86.8 Å². The molecular formula is C27H38ClN3O4S. The zero-order chi connectivity index (χ0) is 27.0. The van der Waals surface area contributed by atoms with Crippen molar-refractivity contribution < 1.29 is 18.0 Å². The van der Waals surface area contributed by atoms with Gasteiger partial charge in [0.05, 0.1) is 11.9 Å². The predicted molar refractivity (Wildman–Crippen MR) is 147 cm³/mol. The van der Waals surface area contributed by atoms with Gasteiger partial charge in [0.1, 0.15) is 6.04 Å². The SMILES string of the molecule is CC[C@H](C)NC(=O)[C@H](C)N(Cc1ccc(Cl)cc1)C(=O)CCCN(c1ccc(C)c(C)c1)S(C)(=O)=O. The van der Waals surface area contributed by atoms with E-state index in [1.165, 1.54) is 4.31 Å². The molecule has 0 aromatic heterocycles. The minimum atomic E-state index is -3.53. The van der Waals surface area contributed by atoms with E-state index >= 15 is 0 Å². The summed E-state index contributed by atoms with van der Waals surface area (Å²) in [6.07, 6.45) is 2.36. The van der Waals surface area contributed by atoms with E-state index in [0.29, 0.717) is 17.1 Å². The third-order valence-corrected chi connectivity index (χ3v) is 7.81. The van der Waals surface area contributed by atoms with Gasteiger partial charge in [-0.1, -0.05) is 36.7 Å². The number of halogens is 1. The average Bonchev–Trinajstić information content (AvgIpc) is 2.81. The Balaban J connectivity index is 2.18. The number of anilines is 1. The van der Waals surface area contributed by atoms with Crippen molar-refractivity contribution in [2.75, 3.05) is 17.1 Å². The highest BCUT2D eigenvalue weighted by molar-refractivity contribution is 7.92. The molecule has 0 aliphatic rings. The smallest absolute Gasteiger partial charge is 0.242 e. The van der Waals surface area contributed by atoms with Crippen molar-refractivity contribution in [2.24, 2.45) is 0 Å². The molecule has 1 N–H and O–H groups in total. The molecule has 198 valence electrons. The maximum absolute atomic E-state index is 13.3. The normalized spacial score (nSPS) is 13.1. The molecule has 0 fully saturated rings. The first-order valence-electron chi connectivity index (χ1n) is 12.2. The van der Waals surface area contributed by atoms with E-state index in [0.717, 1.165) is 29.4 Å². The molecule has 2 atom stereocenters. The maximum Gasteiger partial charge on any atom is 0.242 e. The Hall–Kier alpha value is -2.58. The number of sulfonamides is 1. The van der Waals surface area contributed by atoms with Crippen molar-refractivity contribution in [1.29, 1.82) is 0 Å². The first-order chi connectivity index (χ1) is 16.8. The van der Waals surface area contributed by atoms with Crippen molar-refractivity contribution in [1.82, 2.24) is 10.2 Å². The van der Waals surface area contributed by atoms with E-state index in [1.807, 2.05) is 52.0 Å². The Labute approximate surface area is 220 Å². The molecule has 0 aliphatic heterocycles. The van der Waals surface area contributed by atoms with Crippen LogP contribution in [0.3, 0.4) is 0 Å². The van der Waals surface area contributed by atoms with Crippen LogP contribution in [0.2, 0.25) is 5.02 Å². The van der Waals surface area contributed by atoms with Crippen LogP contribution in [0.25, 0.3) is 0 Å². The van der Waals surface area contributed by atoms with Crippen molar-refractivity contribution in [3.05, 3.63) is 64.2 Å². The molecule has 0 spiro atoms. The molecule has 2 amide bonds. The molecule has 9 heteroatoms. The van der Waals surface area contributed by atoms with E-state index in [9.17, 15) is 18.0 Å². The second-order valence-electron chi connectivity index (χ2n) is 9.35. The summed E-state index contributed by atoms with van der Waals surface area (Å²) in [5, 5.41) is 3.53. The highest BCUT2D eigenvalue weighted by atomic mass is 35.5. The summed E-state index contributed by atoms with van der Waals surface area (Å²) >= 11 is 6.00. The highest BCUT2D eigenvalue weighted by Crippen LogP contribution is 2.22. The van der Waals surface area contributed by atoms with Gasteiger partial charge < -0.3 is 10.2 Å². The van der Waals surface area contributed by atoms with Crippen LogP contribution in [0.15, 0.2) is 42.5 Å². The molecule has 2 aromatic carbocycles. The first-order valence-corrected chi connectivity index (χ1v) is 14.4. The summed E-state index contributed by atoms with van der Waals surface area (Å²) in [5.41, 5.74) is 3.49. The number of hydrogen-bond acceptors (Lipinski definition) is 4. The van der Waals surface area contributed by atoms with E-state index in [1.54, 1.807) is 30.0 Å². The second kappa shape index (κ2) is 13.1. The molecule has 0 saturated heterocycles. The summed E-state index contributed by atoms with van der Waals surface area (Å²) in [5.74, 6) is -0.440. The second-order valence-corrected chi connectivity index (χ2v) is 11.7. The number of carbonyl (C=O) groups is 2. The molecule has 7 nitrogen and oxygen atoms in total. The molecule has 0 bridgehead atoms. The fraction of sp³-hybridized carbons (Fsp3) is 0.481. The molecule has 2 rings (SSSR count). The maximum atomic E-state index is 13.3. The van der Waals surface area contributed by atoms with Gasteiger partial charge in [-0.05, 0) is 81.5 Å². The number of aryl methyl sites for hydroxylation is 2. The number of benzene rings is 2. The van der Waals surface area contributed by atoms with Crippen LogP contribution in [0, 0.1) is 13.8 Å². The Morgan fingerprint density at radius 3 is 2.22 bits per heavy atom. The molecule has 36 heavy (non-hydrogen) atoms. The zero-order valence-electron chi connectivity index (χ0n) is 22.0. The van der Waals surface area contributed by atoms with Gasteiger partial charge in [0.15, 0.2) is 0 Å². The van der Waals surface area contributed by atoms with Crippen LogP contribution in [0.4, 0.5) is 5.69 Å². The Kier molecular flexibility index (Phi) is 10.8. The van der Waals surface area contributed by atoms with Crippen LogP contribution in [0.5, 0.6) is 0 Å². The third kappa shape index (κ3) is 8.52. The zero-order valence-corrected chi connectivity index (χ0v) is 23.6. The number of carbonyl (C=O) groups excluding carboxylic acids is 2. The summed E-state index contributed by atoms with van der Waals surface area (Å²) in [6, 6.07) is 12.0. The van der Waals surface area contributed by atoms with Gasteiger partial charge in [-0.3, -0.25) is 13.9 Å². The van der Waals surface area contributed by atoms with Crippen LogP contribution >= 0.6 is 11.6 Å². The summed E-state index contributed by atoms with van der Waals surface area (Å²) in [4.78, 5) is 27.7. The van der Waals surface area contributed by atoms with Crippen LogP contribution in [-0.2, 0) is 26.2 Å². The lowest BCUT2D eigenvalue weighted by molar-refractivity contribution is -0.140. The molecule has 0 radical (unpaired) electrons. The monoisotopic (exact) mass is 535 g/mol. The predicted octanol–water partition coefficient (Wildman–Crippen LogP) is 4.84. The molecule has 0 saturated carbocycles. The lowest BCUT2D eigenvalue weighted by atomic mass is 10.1. The molecule has 2 aromatic rings. The lowest BCUT2D eigenvalue weighted by Crippen LogP contribution is -2.49. The van der Waals surface area contributed by atoms with Gasteiger partial charge in [0, 0.05) is 30.6 Å². The fourth-order valence-corrected chi connectivity index (χ4v) is 4.80. The first kappa shape index (κ1) is 29.6. The standard InChI is InChI=1S/C27H38ClN3O4S/c1-7-21(4)29-27(33)22(5)30(18-23-11-13-24(28)14-12-23)26(32)9-8-16-31(36(6,34)35)25-15-10-19(2)20(3)17-25/h10-15,17,21-22H,7-9,16,18H2,1-6H3,(H,29,33)/t21-,22-/m0/s1. The van der Waals surface area contributed by atoms with Crippen molar-refractivity contribution in [3.63, 3.8) is 0 Å². The van der Waals surface area contributed by atoms with E-state index in [2.05, 4.69) is 5.32 Å². The molecule has 0 heterocycles. The summed E-state index contributed by atoms with van der Waals surface area (Å²) in [6.45, 7) is 9.92. The van der Waals surface area contributed by atoms with E-state index < -0.39 is 16.1 Å². The quantitative estimate of drug-likeness (QED) is 0.421. The number of amides is 2. The minimum Gasteiger partial charge on any atom is -0.352 e. The summed E-state index contributed by atoms with van der Waals surface area (Å²) < 4.78 is 26.3. The molecule has 0 aliphatic carbocycles. The lowest BCUT2D eigenvalue weighted by Gasteiger charge is -2.30. The number of hydrogen-bond donors (Lipinski definition) is 1. The van der Waals surface area contributed by atoms with Crippen LogP contribution < -0.4 is 9.62 Å². The van der Waals surface area contributed by atoms with Crippen molar-refractivity contribution in [2.45, 2.75) is 72.5 Å². The van der Waals surface area contributed by atoms with Gasteiger partial charge in [-0.25, -0.2) is 8.42 Å².